The number of allylic oxidation sites excluding steroid dienone is 2. The van der Waals surface area contributed by atoms with Crippen molar-refractivity contribution in [3.8, 4) is 5.75 Å². The third-order valence-corrected chi connectivity index (χ3v) is 6.40. The van der Waals surface area contributed by atoms with E-state index in [4.69, 9.17) is 14.2 Å². The number of unbranched alkanes of at least 4 members (excludes halogenated alkanes) is 1. The highest BCUT2D eigenvalue weighted by Gasteiger charge is 2.42. The molecule has 0 saturated heterocycles. The first-order chi connectivity index (χ1) is 16.6. The molecule has 0 aliphatic heterocycles. The third kappa shape index (κ3) is 7.97. The van der Waals surface area contributed by atoms with E-state index >= 15 is 0 Å². The first-order valence-electron chi connectivity index (χ1n) is 12.0. The van der Waals surface area contributed by atoms with Crippen LogP contribution < -0.4 is 4.74 Å². The summed E-state index contributed by atoms with van der Waals surface area (Å²) in [5, 5.41) is 20.5. The van der Waals surface area contributed by atoms with Gasteiger partial charge < -0.3 is 24.4 Å². The monoisotopic (exact) mass is 468 g/mol. The van der Waals surface area contributed by atoms with Gasteiger partial charge in [-0.05, 0) is 48.4 Å². The molecule has 1 saturated carbocycles. The molecular formula is C28H36O6. The quantitative estimate of drug-likeness (QED) is 0.257. The molecule has 1 fully saturated rings. The maximum Gasteiger partial charge on any atom is 0.306 e. The number of carbonyl (C=O) groups excluding carboxylic acids is 1. The van der Waals surface area contributed by atoms with Crippen LogP contribution in [0.5, 0.6) is 5.75 Å². The lowest BCUT2D eigenvalue weighted by atomic mass is 9.91. The van der Waals surface area contributed by atoms with Gasteiger partial charge in [0.05, 0.1) is 25.9 Å². The highest BCUT2D eigenvalue weighted by molar-refractivity contribution is 5.69. The van der Waals surface area contributed by atoms with E-state index in [-0.39, 0.29) is 30.5 Å². The Morgan fingerprint density at radius 1 is 1.00 bits per heavy atom. The van der Waals surface area contributed by atoms with E-state index in [1.54, 1.807) is 7.11 Å². The van der Waals surface area contributed by atoms with Crippen LogP contribution in [0.25, 0.3) is 0 Å². The molecule has 0 bridgehead atoms. The molecule has 0 radical (unpaired) electrons. The Labute approximate surface area is 202 Å². The second-order valence-corrected chi connectivity index (χ2v) is 8.76. The standard InChI is InChI=1S/C28H36O6/c1-32-23-15-13-22(14-16-23)19-33-27-17-26(30)24(25(27)18-29)11-7-2-3-8-12-28(31)34-20-21-9-5-4-6-10-21/h2,4-7,9-10,13-16,24-27,29-30H,3,8,11-12,17-20H2,1H3/b7-2-/t24-,25-,26+,27?/m1/s1. The van der Waals surface area contributed by atoms with E-state index in [1.807, 2.05) is 66.7 Å². The highest BCUT2D eigenvalue weighted by Crippen LogP contribution is 2.37. The maximum atomic E-state index is 11.9. The fourth-order valence-corrected chi connectivity index (χ4v) is 4.40. The summed E-state index contributed by atoms with van der Waals surface area (Å²) in [6.45, 7) is 0.718. The molecule has 1 aliphatic rings. The fraction of sp³-hybridized carbons (Fsp3) is 0.464. The van der Waals surface area contributed by atoms with Crippen molar-refractivity contribution in [1.29, 1.82) is 0 Å². The van der Waals surface area contributed by atoms with E-state index in [0.29, 0.717) is 38.9 Å². The number of hydrogen-bond acceptors (Lipinski definition) is 6. The normalized spacial score (nSPS) is 22.2. The summed E-state index contributed by atoms with van der Waals surface area (Å²) in [5.41, 5.74) is 2.01. The van der Waals surface area contributed by atoms with Gasteiger partial charge in [0.2, 0.25) is 0 Å². The molecule has 34 heavy (non-hydrogen) atoms. The van der Waals surface area contributed by atoms with Crippen LogP contribution in [0.4, 0.5) is 0 Å². The Balaban J connectivity index is 1.35. The molecular weight excluding hydrogens is 432 g/mol. The van der Waals surface area contributed by atoms with Gasteiger partial charge in [-0.3, -0.25) is 4.79 Å². The largest absolute Gasteiger partial charge is 0.497 e. The van der Waals surface area contributed by atoms with Crippen molar-refractivity contribution in [3.05, 3.63) is 77.9 Å². The van der Waals surface area contributed by atoms with E-state index < -0.39 is 6.10 Å². The van der Waals surface area contributed by atoms with E-state index in [9.17, 15) is 15.0 Å². The second-order valence-electron chi connectivity index (χ2n) is 8.76. The second kappa shape index (κ2) is 13.9. The van der Waals surface area contributed by atoms with Crippen LogP contribution >= 0.6 is 0 Å². The van der Waals surface area contributed by atoms with Crippen molar-refractivity contribution in [2.45, 2.75) is 57.5 Å². The molecule has 1 aliphatic carbocycles. The Kier molecular flexibility index (Phi) is 10.6. The van der Waals surface area contributed by atoms with E-state index in [0.717, 1.165) is 23.3 Å². The van der Waals surface area contributed by atoms with Crippen LogP contribution in [0.1, 0.15) is 43.2 Å². The van der Waals surface area contributed by atoms with Crippen molar-refractivity contribution < 1.29 is 29.2 Å². The third-order valence-electron chi connectivity index (χ3n) is 6.40. The Morgan fingerprint density at radius 2 is 1.74 bits per heavy atom. The Morgan fingerprint density at radius 3 is 2.44 bits per heavy atom. The lowest BCUT2D eigenvalue weighted by Gasteiger charge is -2.23. The number of esters is 1. The minimum atomic E-state index is -0.504. The fourth-order valence-electron chi connectivity index (χ4n) is 4.40. The molecule has 0 aromatic heterocycles. The molecule has 4 atom stereocenters. The number of ether oxygens (including phenoxy) is 3. The smallest absolute Gasteiger partial charge is 0.306 e. The number of aliphatic hydroxyl groups is 2. The predicted molar refractivity (Wildman–Crippen MR) is 130 cm³/mol. The number of rotatable bonds is 13. The number of benzene rings is 2. The lowest BCUT2D eigenvalue weighted by Crippen LogP contribution is -2.26. The molecule has 0 spiro atoms. The predicted octanol–water partition coefficient (Wildman–Crippen LogP) is 4.43. The summed E-state index contributed by atoms with van der Waals surface area (Å²) in [5.74, 6) is 0.452. The van der Waals surface area contributed by atoms with Gasteiger partial charge in [0.25, 0.3) is 0 Å². The molecule has 6 nitrogen and oxygen atoms in total. The van der Waals surface area contributed by atoms with Crippen LogP contribution in [-0.2, 0) is 27.5 Å². The van der Waals surface area contributed by atoms with Crippen molar-refractivity contribution in [2.24, 2.45) is 11.8 Å². The molecule has 184 valence electrons. The number of carbonyl (C=O) groups is 1. The van der Waals surface area contributed by atoms with Gasteiger partial charge in [-0.1, -0.05) is 54.6 Å². The van der Waals surface area contributed by atoms with Crippen LogP contribution in [0, 0.1) is 11.8 Å². The van der Waals surface area contributed by atoms with Crippen molar-refractivity contribution in [1.82, 2.24) is 0 Å². The van der Waals surface area contributed by atoms with Gasteiger partial charge in [0.15, 0.2) is 0 Å². The zero-order valence-electron chi connectivity index (χ0n) is 19.8. The van der Waals surface area contributed by atoms with Gasteiger partial charge in [-0.2, -0.15) is 0 Å². The summed E-state index contributed by atoms with van der Waals surface area (Å²) in [7, 11) is 1.63. The van der Waals surface area contributed by atoms with E-state index in [1.165, 1.54) is 0 Å². The van der Waals surface area contributed by atoms with Crippen LogP contribution in [-0.4, -0.2) is 42.1 Å². The van der Waals surface area contributed by atoms with Crippen molar-refractivity contribution in [2.75, 3.05) is 13.7 Å². The number of aliphatic hydroxyl groups excluding tert-OH is 2. The minimum absolute atomic E-state index is 0.0178. The zero-order chi connectivity index (χ0) is 24.2. The van der Waals surface area contributed by atoms with Gasteiger partial charge in [-0.25, -0.2) is 0 Å². The zero-order valence-corrected chi connectivity index (χ0v) is 19.8. The average molecular weight is 469 g/mol. The van der Waals surface area contributed by atoms with Gasteiger partial charge in [0, 0.05) is 25.4 Å². The first-order valence-corrected chi connectivity index (χ1v) is 12.0. The Bertz CT molecular complexity index is 880. The van der Waals surface area contributed by atoms with Crippen molar-refractivity contribution in [3.63, 3.8) is 0 Å². The molecule has 2 aromatic rings. The van der Waals surface area contributed by atoms with Crippen LogP contribution in [0.3, 0.4) is 0 Å². The maximum absolute atomic E-state index is 11.9. The summed E-state index contributed by atoms with van der Waals surface area (Å²) >= 11 is 0. The van der Waals surface area contributed by atoms with Gasteiger partial charge in [-0.15, -0.1) is 0 Å². The average Bonchev–Trinajstić information content (AvgIpc) is 3.18. The first kappa shape index (κ1) is 25.9. The molecule has 3 rings (SSSR count). The molecule has 2 N–H and O–H groups in total. The summed E-state index contributed by atoms with van der Waals surface area (Å²) in [4.78, 5) is 11.9. The molecule has 0 heterocycles. The number of methoxy groups -OCH3 is 1. The number of hydrogen-bond donors (Lipinski definition) is 2. The van der Waals surface area contributed by atoms with Gasteiger partial charge in [0.1, 0.15) is 12.4 Å². The molecule has 0 amide bonds. The summed E-state index contributed by atoms with van der Waals surface area (Å²) < 4.78 is 16.5. The topological polar surface area (TPSA) is 85.2 Å². The van der Waals surface area contributed by atoms with Gasteiger partial charge >= 0.3 is 5.97 Å². The minimum Gasteiger partial charge on any atom is -0.497 e. The Hall–Kier alpha value is -2.67. The van der Waals surface area contributed by atoms with Crippen LogP contribution in [0.15, 0.2) is 66.7 Å². The lowest BCUT2D eigenvalue weighted by molar-refractivity contribution is -0.145. The summed E-state index contributed by atoms with van der Waals surface area (Å²) in [6.07, 6.45) is 6.45. The summed E-state index contributed by atoms with van der Waals surface area (Å²) in [6, 6.07) is 17.3. The molecule has 6 heteroatoms. The SMILES string of the molecule is COc1ccc(COC2C[C@H](O)[C@H](C/C=C\CCCC(=O)OCc3ccccc3)[C@H]2CO)cc1. The highest BCUT2D eigenvalue weighted by atomic mass is 16.5. The van der Waals surface area contributed by atoms with Crippen LogP contribution in [0.2, 0.25) is 0 Å². The van der Waals surface area contributed by atoms with E-state index in [2.05, 4.69) is 0 Å². The van der Waals surface area contributed by atoms with Crippen molar-refractivity contribution >= 4 is 5.97 Å². The molecule has 2 aromatic carbocycles. The molecule has 1 unspecified atom stereocenters.